The zero-order valence-corrected chi connectivity index (χ0v) is 13.1. The van der Waals surface area contributed by atoms with E-state index in [-0.39, 0.29) is 11.9 Å². The van der Waals surface area contributed by atoms with E-state index in [0.717, 1.165) is 15.8 Å². The van der Waals surface area contributed by atoms with Crippen LogP contribution in [0.2, 0.25) is 0 Å². The van der Waals surface area contributed by atoms with E-state index in [2.05, 4.69) is 21.2 Å². The molecule has 1 unspecified atom stereocenters. The molecule has 2 rings (SSSR count). The molecule has 2 aromatic rings. The lowest BCUT2D eigenvalue weighted by atomic mass is 9.97. The Hall–Kier alpha value is -1.39. The quantitative estimate of drug-likeness (QED) is 0.878. The lowest BCUT2D eigenvalue weighted by Gasteiger charge is -2.22. The van der Waals surface area contributed by atoms with Crippen LogP contribution < -0.4 is 10.1 Å². The van der Waals surface area contributed by atoms with Gasteiger partial charge in [-0.2, -0.15) is 0 Å². The molecule has 0 fully saturated rings. The Bertz CT molecular complexity index is 568. The molecule has 106 valence electrons. The van der Waals surface area contributed by atoms with Crippen molar-refractivity contribution in [2.24, 2.45) is 0 Å². The minimum atomic E-state index is -0.270. The predicted molar refractivity (Wildman–Crippen MR) is 82.6 cm³/mol. The normalized spacial score (nSPS) is 12.2. The van der Waals surface area contributed by atoms with E-state index in [4.69, 9.17) is 4.74 Å². The Morgan fingerprint density at radius 1 is 1.20 bits per heavy atom. The van der Waals surface area contributed by atoms with Crippen molar-refractivity contribution in [3.8, 4) is 5.75 Å². The van der Waals surface area contributed by atoms with Crippen LogP contribution in [0.15, 0.2) is 46.9 Å². The van der Waals surface area contributed by atoms with E-state index in [0.29, 0.717) is 12.2 Å². The highest BCUT2D eigenvalue weighted by molar-refractivity contribution is 9.10. The Kier molecular flexibility index (Phi) is 5.15. The summed E-state index contributed by atoms with van der Waals surface area (Å²) in [7, 11) is 1.81. The van der Waals surface area contributed by atoms with Crippen LogP contribution in [0.5, 0.6) is 5.75 Å². The first-order valence-corrected chi connectivity index (χ1v) is 7.31. The van der Waals surface area contributed by atoms with Crippen molar-refractivity contribution in [3.63, 3.8) is 0 Å². The molecule has 0 heterocycles. The van der Waals surface area contributed by atoms with E-state index in [9.17, 15) is 4.39 Å². The molecule has 0 radical (unpaired) electrons. The number of ether oxygens (including phenoxy) is 1. The van der Waals surface area contributed by atoms with Gasteiger partial charge in [0, 0.05) is 15.6 Å². The number of para-hydroxylation sites is 1. The molecule has 0 aliphatic carbocycles. The molecule has 0 aliphatic rings. The number of benzene rings is 2. The van der Waals surface area contributed by atoms with Crippen molar-refractivity contribution < 1.29 is 9.13 Å². The third-order valence-corrected chi connectivity index (χ3v) is 3.80. The van der Waals surface area contributed by atoms with Gasteiger partial charge >= 0.3 is 0 Å². The first kappa shape index (κ1) is 15.0. The second kappa shape index (κ2) is 6.86. The lowest BCUT2D eigenvalue weighted by Crippen LogP contribution is -2.20. The van der Waals surface area contributed by atoms with E-state index in [1.807, 2.05) is 44.3 Å². The van der Waals surface area contributed by atoms with Gasteiger partial charge in [-0.3, -0.25) is 0 Å². The zero-order chi connectivity index (χ0) is 14.5. The highest BCUT2D eigenvalue weighted by Gasteiger charge is 2.21. The second-order valence-corrected chi connectivity index (χ2v) is 5.18. The van der Waals surface area contributed by atoms with Crippen molar-refractivity contribution in [2.75, 3.05) is 13.7 Å². The van der Waals surface area contributed by atoms with E-state index in [1.54, 1.807) is 6.07 Å². The fourth-order valence-corrected chi connectivity index (χ4v) is 2.82. The molecule has 2 aromatic carbocycles. The fraction of sp³-hybridized carbons (Fsp3) is 0.250. The summed E-state index contributed by atoms with van der Waals surface area (Å²) in [5.41, 5.74) is 1.50. The Morgan fingerprint density at radius 2 is 1.95 bits per heavy atom. The Morgan fingerprint density at radius 3 is 2.60 bits per heavy atom. The maximum absolute atomic E-state index is 14.2. The van der Waals surface area contributed by atoms with Crippen LogP contribution in [0.1, 0.15) is 24.1 Å². The molecule has 0 saturated carbocycles. The van der Waals surface area contributed by atoms with Crippen LogP contribution in [0, 0.1) is 5.82 Å². The van der Waals surface area contributed by atoms with Crippen molar-refractivity contribution in [1.82, 2.24) is 5.32 Å². The number of hydrogen-bond donors (Lipinski definition) is 1. The lowest BCUT2D eigenvalue weighted by molar-refractivity contribution is 0.333. The maximum Gasteiger partial charge on any atom is 0.129 e. The SMILES string of the molecule is CCOc1ccccc1C(NC)c1c(F)cccc1Br. The first-order valence-electron chi connectivity index (χ1n) is 6.52. The van der Waals surface area contributed by atoms with E-state index >= 15 is 0 Å². The summed E-state index contributed by atoms with van der Waals surface area (Å²) in [6.07, 6.45) is 0. The van der Waals surface area contributed by atoms with Gasteiger partial charge in [0.25, 0.3) is 0 Å². The molecule has 1 N–H and O–H groups in total. The van der Waals surface area contributed by atoms with E-state index in [1.165, 1.54) is 6.07 Å². The maximum atomic E-state index is 14.2. The topological polar surface area (TPSA) is 21.3 Å². The second-order valence-electron chi connectivity index (χ2n) is 4.33. The molecular weight excluding hydrogens is 321 g/mol. The van der Waals surface area contributed by atoms with Crippen LogP contribution in [0.25, 0.3) is 0 Å². The summed E-state index contributed by atoms with van der Waals surface area (Å²) in [6, 6.07) is 12.4. The first-order chi connectivity index (χ1) is 9.69. The van der Waals surface area contributed by atoms with Gasteiger partial charge in [0.15, 0.2) is 0 Å². The summed E-state index contributed by atoms with van der Waals surface area (Å²) < 4.78 is 20.6. The van der Waals surface area contributed by atoms with Crippen LogP contribution >= 0.6 is 15.9 Å². The van der Waals surface area contributed by atoms with Gasteiger partial charge in [-0.05, 0) is 32.2 Å². The summed E-state index contributed by atoms with van der Waals surface area (Å²) in [5.74, 6) is 0.523. The van der Waals surface area contributed by atoms with Crippen LogP contribution in [-0.2, 0) is 0 Å². The van der Waals surface area contributed by atoms with E-state index < -0.39 is 0 Å². The van der Waals surface area contributed by atoms with Gasteiger partial charge in [-0.1, -0.05) is 40.2 Å². The number of halogens is 2. The monoisotopic (exact) mass is 337 g/mol. The van der Waals surface area contributed by atoms with Gasteiger partial charge in [0.1, 0.15) is 11.6 Å². The third-order valence-electron chi connectivity index (χ3n) is 3.11. The summed E-state index contributed by atoms with van der Waals surface area (Å²) in [6.45, 7) is 2.51. The highest BCUT2D eigenvalue weighted by atomic mass is 79.9. The largest absolute Gasteiger partial charge is 0.494 e. The molecule has 0 amide bonds. The average molecular weight is 338 g/mol. The molecule has 0 aliphatic heterocycles. The fourth-order valence-electron chi connectivity index (χ4n) is 2.25. The molecule has 2 nitrogen and oxygen atoms in total. The molecular formula is C16H17BrFNO. The smallest absolute Gasteiger partial charge is 0.129 e. The third kappa shape index (κ3) is 3.02. The van der Waals surface area contributed by atoms with Gasteiger partial charge in [-0.25, -0.2) is 4.39 Å². The van der Waals surface area contributed by atoms with Gasteiger partial charge in [0.05, 0.1) is 12.6 Å². The molecule has 4 heteroatoms. The minimum absolute atomic E-state index is 0.245. The van der Waals surface area contributed by atoms with Gasteiger partial charge in [-0.15, -0.1) is 0 Å². The van der Waals surface area contributed by atoms with Gasteiger partial charge in [0.2, 0.25) is 0 Å². The summed E-state index contributed by atoms with van der Waals surface area (Å²) in [5, 5.41) is 3.17. The van der Waals surface area contributed by atoms with Crippen molar-refractivity contribution in [3.05, 3.63) is 63.9 Å². The van der Waals surface area contributed by atoms with Crippen LogP contribution in [-0.4, -0.2) is 13.7 Å². The molecule has 0 saturated heterocycles. The Labute approximate surface area is 127 Å². The Balaban J connectivity index is 2.53. The van der Waals surface area contributed by atoms with Crippen molar-refractivity contribution in [1.29, 1.82) is 0 Å². The summed E-state index contributed by atoms with van der Waals surface area (Å²) in [4.78, 5) is 0. The van der Waals surface area contributed by atoms with Crippen molar-refractivity contribution >= 4 is 15.9 Å². The number of nitrogens with one attached hydrogen (secondary N) is 1. The van der Waals surface area contributed by atoms with Crippen LogP contribution in [0.4, 0.5) is 4.39 Å². The molecule has 0 spiro atoms. The molecule has 0 bridgehead atoms. The molecule has 0 aromatic heterocycles. The highest BCUT2D eigenvalue weighted by Crippen LogP contribution is 2.34. The zero-order valence-electron chi connectivity index (χ0n) is 11.5. The summed E-state index contributed by atoms with van der Waals surface area (Å²) >= 11 is 3.43. The average Bonchev–Trinajstić information content (AvgIpc) is 2.44. The van der Waals surface area contributed by atoms with Crippen molar-refractivity contribution in [2.45, 2.75) is 13.0 Å². The molecule has 20 heavy (non-hydrogen) atoms. The minimum Gasteiger partial charge on any atom is -0.494 e. The predicted octanol–water partition coefficient (Wildman–Crippen LogP) is 4.30. The molecule has 1 atom stereocenters. The number of rotatable bonds is 5. The standard InChI is InChI=1S/C16H17BrFNO/c1-3-20-14-10-5-4-7-11(14)16(19-2)15-12(17)8-6-9-13(15)18/h4-10,16,19H,3H2,1-2H3. The van der Waals surface area contributed by atoms with Gasteiger partial charge < -0.3 is 10.1 Å². The van der Waals surface area contributed by atoms with Crippen LogP contribution in [0.3, 0.4) is 0 Å². The number of hydrogen-bond acceptors (Lipinski definition) is 2.